The number of nitrogens with zero attached hydrogens (tertiary/aromatic N) is 2. The lowest BCUT2D eigenvalue weighted by Gasteiger charge is -2.34. The monoisotopic (exact) mass is 441 g/mol. The predicted octanol–water partition coefficient (Wildman–Crippen LogP) is 5.38. The molecule has 172 valence electrons. The van der Waals surface area contributed by atoms with E-state index in [2.05, 4.69) is 45.5 Å². The third kappa shape index (κ3) is 6.29. The summed E-state index contributed by atoms with van der Waals surface area (Å²) in [7, 11) is 2.04. The van der Waals surface area contributed by atoms with E-state index in [4.69, 9.17) is 0 Å². The lowest BCUT2D eigenvalue weighted by molar-refractivity contribution is 0.0698. The van der Waals surface area contributed by atoms with Gasteiger partial charge in [0.1, 0.15) is 0 Å². The Bertz CT molecular complexity index is 930. The molecule has 1 fully saturated rings. The summed E-state index contributed by atoms with van der Waals surface area (Å²) in [5, 5.41) is 3.32. The molecule has 0 spiro atoms. The van der Waals surface area contributed by atoms with Crippen molar-refractivity contribution in [3.8, 4) is 0 Å². The van der Waals surface area contributed by atoms with Crippen LogP contribution in [0.4, 0.5) is 0 Å². The van der Waals surface area contributed by atoms with Gasteiger partial charge in [-0.15, -0.1) is 0 Å². The molecule has 1 aromatic heterocycles. The molecule has 33 heavy (non-hydrogen) atoms. The summed E-state index contributed by atoms with van der Waals surface area (Å²) >= 11 is 0. The number of rotatable bonds is 9. The fourth-order valence-corrected chi connectivity index (χ4v) is 5.08. The van der Waals surface area contributed by atoms with Gasteiger partial charge in [-0.1, -0.05) is 54.6 Å². The third-order valence-electron chi connectivity index (χ3n) is 6.90. The molecule has 0 radical (unpaired) electrons. The molecule has 1 saturated carbocycles. The van der Waals surface area contributed by atoms with Crippen molar-refractivity contribution in [1.29, 1.82) is 0 Å². The van der Waals surface area contributed by atoms with E-state index in [9.17, 15) is 4.79 Å². The Labute approximate surface area is 198 Å². The fraction of sp³-hybridized carbons (Fsp3) is 0.379. The maximum absolute atomic E-state index is 13.7. The molecule has 0 aliphatic heterocycles. The van der Waals surface area contributed by atoms with Crippen molar-refractivity contribution in [3.63, 3.8) is 0 Å². The molecule has 2 aromatic carbocycles. The second-order valence-electron chi connectivity index (χ2n) is 9.24. The lowest BCUT2D eigenvalue weighted by Crippen LogP contribution is -2.40. The first-order valence-corrected chi connectivity index (χ1v) is 12.2. The average Bonchev–Trinajstić information content (AvgIpc) is 2.89. The van der Waals surface area contributed by atoms with Crippen molar-refractivity contribution in [2.24, 2.45) is 11.8 Å². The zero-order valence-corrected chi connectivity index (χ0v) is 19.6. The molecule has 1 aliphatic rings. The molecule has 1 amide bonds. The molecule has 1 heterocycles. The zero-order chi connectivity index (χ0) is 22.9. The van der Waals surface area contributed by atoms with Crippen LogP contribution in [-0.4, -0.2) is 42.5 Å². The minimum Gasteiger partial charge on any atom is -0.337 e. The first-order valence-electron chi connectivity index (χ1n) is 12.2. The molecular weight excluding hydrogens is 406 g/mol. The molecule has 4 rings (SSSR count). The minimum absolute atomic E-state index is 0.0423. The fourth-order valence-electron chi connectivity index (χ4n) is 5.08. The van der Waals surface area contributed by atoms with Crippen molar-refractivity contribution in [2.45, 2.75) is 31.6 Å². The smallest absolute Gasteiger partial charge is 0.253 e. The van der Waals surface area contributed by atoms with E-state index in [1.54, 1.807) is 0 Å². The van der Waals surface area contributed by atoms with E-state index in [0.717, 1.165) is 30.3 Å². The van der Waals surface area contributed by atoms with E-state index in [1.165, 1.54) is 31.2 Å². The molecule has 1 N–H and O–H groups in total. The SMILES string of the molecule is CNCC1CCC(CN(CC(c2ccccc2)c2ccccn2)C(=O)c2ccccc2)CC1. The predicted molar refractivity (Wildman–Crippen MR) is 134 cm³/mol. The highest BCUT2D eigenvalue weighted by Gasteiger charge is 2.28. The molecule has 4 heteroatoms. The first kappa shape index (κ1) is 23.2. The van der Waals surface area contributed by atoms with Crippen molar-refractivity contribution in [2.75, 3.05) is 26.7 Å². The number of hydrogen-bond donors (Lipinski definition) is 1. The maximum atomic E-state index is 13.7. The normalized spacial score (nSPS) is 19.1. The topological polar surface area (TPSA) is 45.2 Å². The quantitative estimate of drug-likeness (QED) is 0.485. The van der Waals surface area contributed by atoms with Crippen LogP contribution in [0.2, 0.25) is 0 Å². The average molecular weight is 442 g/mol. The standard InChI is InChI=1S/C29H35N3O/c1-30-20-23-15-17-24(18-16-23)21-32(29(33)26-12-6-3-7-13-26)22-27(25-10-4-2-5-11-25)28-14-8-9-19-31-28/h2-14,19,23-24,27,30H,15-18,20-22H2,1H3. The molecule has 1 unspecified atom stereocenters. The van der Waals surface area contributed by atoms with Crippen molar-refractivity contribution in [1.82, 2.24) is 15.2 Å². The van der Waals surface area contributed by atoms with Gasteiger partial charge in [0.25, 0.3) is 5.91 Å². The van der Waals surface area contributed by atoms with Crippen LogP contribution < -0.4 is 5.32 Å². The van der Waals surface area contributed by atoms with Gasteiger partial charge in [0, 0.05) is 36.5 Å². The lowest BCUT2D eigenvalue weighted by atomic mass is 9.81. The number of carbonyl (C=O) groups excluding carboxylic acids is 1. The maximum Gasteiger partial charge on any atom is 0.253 e. The zero-order valence-electron chi connectivity index (χ0n) is 19.6. The van der Waals surface area contributed by atoms with Gasteiger partial charge in [0.2, 0.25) is 0 Å². The van der Waals surface area contributed by atoms with E-state index in [-0.39, 0.29) is 11.8 Å². The second kappa shape index (κ2) is 11.8. The van der Waals surface area contributed by atoms with Crippen LogP contribution in [0, 0.1) is 11.8 Å². The Hall–Kier alpha value is -2.98. The summed E-state index contributed by atoms with van der Waals surface area (Å²) in [5.74, 6) is 1.46. The van der Waals surface area contributed by atoms with Crippen LogP contribution >= 0.6 is 0 Å². The number of amides is 1. The van der Waals surface area contributed by atoms with Gasteiger partial charge in [0.15, 0.2) is 0 Å². The summed E-state index contributed by atoms with van der Waals surface area (Å²) in [5.41, 5.74) is 2.96. The highest BCUT2D eigenvalue weighted by molar-refractivity contribution is 5.94. The number of aromatic nitrogens is 1. The van der Waals surface area contributed by atoms with Crippen LogP contribution in [0.1, 0.15) is 53.2 Å². The van der Waals surface area contributed by atoms with Gasteiger partial charge >= 0.3 is 0 Å². The van der Waals surface area contributed by atoms with Crippen LogP contribution in [-0.2, 0) is 0 Å². The molecule has 1 aliphatic carbocycles. The van der Waals surface area contributed by atoms with Gasteiger partial charge in [-0.3, -0.25) is 9.78 Å². The van der Waals surface area contributed by atoms with Crippen molar-refractivity contribution >= 4 is 5.91 Å². The molecule has 4 nitrogen and oxygen atoms in total. The Kier molecular flexibility index (Phi) is 8.26. The van der Waals surface area contributed by atoms with Crippen LogP contribution in [0.15, 0.2) is 85.1 Å². The van der Waals surface area contributed by atoms with Gasteiger partial charge in [0.05, 0.1) is 0 Å². The van der Waals surface area contributed by atoms with Crippen molar-refractivity contribution in [3.05, 3.63) is 102 Å². The van der Waals surface area contributed by atoms with E-state index >= 15 is 0 Å². The van der Waals surface area contributed by atoms with E-state index in [1.807, 2.05) is 61.8 Å². The number of nitrogens with one attached hydrogen (secondary N) is 1. The molecule has 3 aromatic rings. The number of pyridine rings is 1. The van der Waals surface area contributed by atoms with Crippen LogP contribution in [0.3, 0.4) is 0 Å². The number of carbonyl (C=O) groups is 1. The summed E-state index contributed by atoms with van der Waals surface area (Å²) < 4.78 is 0. The Balaban J connectivity index is 1.58. The van der Waals surface area contributed by atoms with Crippen LogP contribution in [0.5, 0.6) is 0 Å². The van der Waals surface area contributed by atoms with Gasteiger partial charge in [-0.05, 0) is 80.9 Å². The number of benzene rings is 2. The number of hydrogen-bond acceptors (Lipinski definition) is 3. The highest BCUT2D eigenvalue weighted by atomic mass is 16.2. The highest BCUT2D eigenvalue weighted by Crippen LogP contribution is 2.31. The molecule has 1 atom stereocenters. The Morgan fingerprint density at radius 1 is 0.909 bits per heavy atom. The molecular formula is C29H35N3O. The van der Waals surface area contributed by atoms with Gasteiger partial charge in [-0.2, -0.15) is 0 Å². The minimum atomic E-state index is 0.0423. The summed E-state index contributed by atoms with van der Waals surface area (Å²) in [6.45, 7) is 2.52. The summed E-state index contributed by atoms with van der Waals surface area (Å²) in [6, 6.07) is 26.2. The Morgan fingerprint density at radius 2 is 1.55 bits per heavy atom. The Morgan fingerprint density at radius 3 is 2.18 bits per heavy atom. The van der Waals surface area contributed by atoms with E-state index < -0.39 is 0 Å². The van der Waals surface area contributed by atoms with E-state index in [0.29, 0.717) is 12.5 Å². The molecule has 0 saturated heterocycles. The van der Waals surface area contributed by atoms with Gasteiger partial charge in [-0.25, -0.2) is 0 Å². The molecule has 0 bridgehead atoms. The second-order valence-corrected chi connectivity index (χ2v) is 9.24. The summed E-state index contributed by atoms with van der Waals surface area (Å²) in [4.78, 5) is 20.4. The first-order chi connectivity index (χ1) is 16.2. The van der Waals surface area contributed by atoms with Crippen LogP contribution in [0.25, 0.3) is 0 Å². The van der Waals surface area contributed by atoms with Gasteiger partial charge < -0.3 is 10.2 Å². The largest absolute Gasteiger partial charge is 0.337 e. The van der Waals surface area contributed by atoms with Crippen molar-refractivity contribution < 1.29 is 4.79 Å². The third-order valence-corrected chi connectivity index (χ3v) is 6.90. The summed E-state index contributed by atoms with van der Waals surface area (Å²) in [6.07, 6.45) is 6.69.